The highest BCUT2D eigenvalue weighted by Gasteiger charge is 2.05. The maximum Gasteiger partial charge on any atom is 0.143 e. The highest BCUT2D eigenvalue weighted by Crippen LogP contribution is 2.13. The molecule has 1 heterocycles. The first-order chi connectivity index (χ1) is 6.27. The van der Waals surface area contributed by atoms with Crippen LogP contribution in [0.2, 0.25) is 0 Å². The second-order valence-corrected chi connectivity index (χ2v) is 3.65. The van der Waals surface area contributed by atoms with E-state index in [4.69, 9.17) is 6.42 Å². The molecule has 0 saturated carbocycles. The molecule has 1 aromatic heterocycles. The first-order valence-electron chi connectivity index (χ1n) is 3.96. The predicted octanol–water partition coefficient (Wildman–Crippen LogP) is 1.90. The molecule has 3 nitrogen and oxygen atoms in total. The van der Waals surface area contributed by atoms with E-state index in [0.29, 0.717) is 0 Å². The Morgan fingerprint density at radius 1 is 1.77 bits per heavy atom. The molecule has 0 aliphatic heterocycles. The van der Waals surface area contributed by atoms with Gasteiger partial charge in [0, 0.05) is 6.20 Å². The van der Waals surface area contributed by atoms with Gasteiger partial charge in [0.1, 0.15) is 12.1 Å². The SMILES string of the molecule is C#CC(CC)Nc1ncncc1I. The molecular formula is C9H10IN3. The van der Waals surface area contributed by atoms with Crippen molar-refractivity contribution in [1.29, 1.82) is 0 Å². The number of rotatable bonds is 3. The fourth-order valence-electron chi connectivity index (χ4n) is 0.845. The van der Waals surface area contributed by atoms with Gasteiger partial charge in [0.15, 0.2) is 0 Å². The third-order valence-electron chi connectivity index (χ3n) is 1.59. The summed E-state index contributed by atoms with van der Waals surface area (Å²) in [5, 5.41) is 3.15. The third kappa shape index (κ3) is 2.84. The van der Waals surface area contributed by atoms with Crippen LogP contribution in [0.1, 0.15) is 13.3 Å². The van der Waals surface area contributed by atoms with E-state index >= 15 is 0 Å². The lowest BCUT2D eigenvalue weighted by Crippen LogP contribution is -2.17. The molecule has 13 heavy (non-hydrogen) atoms. The number of halogens is 1. The number of nitrogens with zero attached hydrogens (tertiary/aromatic N) is 2. The summed E-state index contributed by atoms with van der Waals surface area (Å²) >= 11 is 2.17. The molecule has 0 spiro atoms. The Balaban J connectivity index is 2.74. The van der Waals surface area contributed by atoms with Crippen LogP contribution in [0.25, 0.3) is 0 Å². The number of hydrogen-bond acceptors (Lipinski definition) is 3. The molecule has 68 valence electrons. The number of anilines is 1. The van der Waals surface area contributed by atoms with Gasteiger partial charge in [-0.05, 0) is 29.0 Å². The second kappa shape index (κ2) is 5.02. The van der Waals surface area contributed by atoms with Gasteiger partial charge >= 0.3 is 0 Å². The van der Waals surface area contributed by atoms with Crippen LogP contribution < -0.4 is 5.32 Å². The molecule has 1 rings (SSSR count). The Bertz CT molecular complexity index is 319. The van der Waals surface area contributed by atoms with Gasteiger partial charge in [-0.1, -0.05) is 12.8 Å². The second-order valence-electron chi connectivity index (χ2n) is 2.49. The average Bonchev–Trinajstić information content (AvgIpc) is 2.17. The van der Waals surface area contributed by atoms with Crippen LogP contribution in [-0.2, 0) is 0 Å². The van der Waals surface area contributed by atoms with Crippen LogP contribution in [0, 0.1) is 15.9 Å². The minimum Gasteiger partial charge on any atom is -0.355 e. The first kappa shape index (κ1) is 10.3. The van der Waals surface area contributed by atoms with E-state index in [1.165, 1.54) is 6.33 Å². The Morgan fingerprint density at radius 3 is 3.08 bits per heavy atom. The minimum absolute atomic E-state index is 0.0448. The number of terminal acetylenes is 1. The van der Waals surface area contributed by atoms with E-state index < -0.39 is 0 Å². The zero-order chi connectivity index (χ0) is 9.68. The van der Waals surface area contributed by atoms with Crippen molar-refractivity contribution in [2.75, 3.05) is 5.32 Å². The first-order valence-corrected chi connectivity index (χ1v) is 5.04. The normalized spacial score (nSPS) is 11.8. The highest BCUT2D eigenvalue weighted by molar-refractivity contribution is 14.1. The van der Waals surface area contributed by atoms with Crippen LogP contribution in [-0.4, -0.2) is 16.0 Å². The third-order valence-corrected chi connectivity index (χ3v) is 2.38. The van der Waals surface area contributed by atoms with Crippen molar-refractivity contribution in [2.45, 2.75) is 19.4 Å². The van der Waals surface area contributed by atoms with Gasteiger partial charge < -0.3 is 5.32 Å². The zero-order valence-corrected chi connectivity index (χ0v) is 9.45. The van der Waals surface area contributed by atoms with Crippen molar-refractivity contribution in [3.8, 4) is 12.3 Å². The van der Waals surface area contributed by atoms with E-state index in [1.54, 1.807) is 6.20 Å². The summed E-state index contributed by atoms with van der Waals surface area (Å²) in [7, 11) is 0. The average molecular weight is 287 g/mol. The zero-order valence-electron chi connectivity index (χ0n) is 7.29. The molecule has 0 aliphatic carbocycles. The Labute approximate surface area is 91.5 Å². The maximum absolute atomic E-state index is 5.32. The molecule has 4 heteroatoms. The van der Waals surface area contributed by atoms with Crippen molar-refractivity contribution in [3.63, 3.8) is 0 Å². The summed E-state index contributed by atoms with van der Waals surface area (Å²) in [5.74, 6) is 3.46. The minimum atomic E-state index is 0.0448. The fraction of sp³-hybridized carbons (Fsp3) is 0.333. The summed E-state index contributed by atoms with van der Waals surface area (Å²) in [6, 6.07) is 0.0448. The lowest BCUT2D eigenvalue weighted by Gasteiger charge is -2.11. The van der Waals surface area contributed by atoms with E-state index in [2.05, 4.69) is 43.8 Å². The summed E-state index contributed by atoms with van der Waals surface area (Å²) in [6.07, 6.45) is 9.47. The van der Waals surface area contributed by atoms with Crippen LogP contribution in [0.15, 0.2) is 12.5 Å². The van der Waals surface area contributed by atoms with E-state index in [0.717, 1.165) is 15.8 Å². The Morgan fingerprint density at radius 2 is 2.54 bits per heavy atom. The smallest absolute Gasteiger partial charge is 0.143 e. The van der Waals surface area contributed by atoms with E-state index in [-0.39, 0.29) is 6.04 Å². The molecule has 0 radical (unpaired) electrons. The fourth-order valence-corrected chi connectivity index (χ4v) is 1.30. The molecule has 0 bridgehead atoms. The van der Waals surface area contributed by atoms with Gasteiger partial charge in [-0.15, -0.1) is 6.42 Å². The maximum atomic E-state index is 5.32. The number of nitrogens with one attached hydrogen (secondary N) is 1. The van der Waals surface area contributed by atoms with E-state index in [1.807, 2.05) is 6.92 Å². The van der Waals surface area contributed by atoms with Crippen LogP contribution in [0.5, 0.6) is 0 Å². The molecule has 0 amide bonds. The quantitative estimate of drug-likeness (QED) is 0.681. The van der Waals surface area contributed by atoms with Crippen LogP contribution in [0.4, 0.5) is 5.82 Å². The van der Waals surface area contributed by atoms with Gasteiger partial charge in [-0.2, -0.15) is 0 Å². The molecular weight excluding hydrogens is 277 g/mol. The largest absolute Gasteiger partial charge is 0.355 e. The molecule has 1 aromatic rings. The van der Waals surface area contributed by atoms with Crippen molar-refractivity contribution in [2.24, 2.45) is 0 Å². The van der Waals surface area contributed by atoms with Crippen molar-refractivity contribution >= 4 is 28.4 Å². The lowest BCUT2D eigenvalue weighted by atomic mass is 10.2. The molecule has 0 aromatic carbocycles. The number of hydrogen-bond donors (Lipinski definition) is 1. The molecule has 1 N–H and O–H groups in total. The summed E-state index contributed by atoms with van der Waals surface area (Å²) in [6.45, 7) is 2.03. The molecule has 0 saturated heterocycles. The van der Waals surface area contributed by atoms with Crippen molar-refractivity contribution in [3.05, 3.63) is 16.1 Å². The standard InChI is InChI=1S/C9H10IN3/c1-3-7(4-2)13-9-8(10)5-11-6-12-9/h1,5-7H,4H2,2H3,(H,11,12,13). The van der Waals surface area contributed by atoms with E-state index in [9.17, 15) is 0 Å². The van der Waals surface area contributed by atoms with Gasteiger partial charge in [0.05, 0.1) is 9.61 Å². The molecule has 1 unspecified atom stereocenters. The summed E-state index contributed by atoms with van der Waals surface area (Å²) < 4.78 is 0.980. The van der Waals surface area contributed by atoms with Crippen molar-refractivity contribution < 1.29 is 0 Å². The lowest BCUT2D eigenvalue weighted by molar-refractivity contribution is 0.847. The van der Waals surface area contributed by atoms with Gasteiger partial charge in [0.25, 0.3) is 0 Å². The Kier molecular flexibility index (Phi) is 3.96. The summed E-state index contributed by atoms with van der Waals surface area (Å²) in [5.41, 5.74) is 0. The molecule has 0 fully saturated rings. The summed E-state index contributed by atoms with van der Waals surface area (Å²) in [4.78, 5) is 7.98. The Hall–Kier alpha value is -0.830. The molecule has 0 aliphatic rings. The van der Waals surface area contributed by atoms with Gasteiger partial charge in [-0.3, -0.25) is 0 Å². The topological polar surface area (TPSA) is 37.8 Å². The predicted molar refractivity (Wildman–Crippen MR) is 61.3 cm³/mol. The van der Waals surface area contributed by atoms with Gasteiger partial charge in [0.2, 0.25) is 0 Å². The monoisotopic (exact) mass is 287 g/mol. The number of aromatic nitrogens is 2. The van der Waals surface area contributed by atoms with Crippen LogP contribution >= 0.6 is 22.6 Å². The van der Waals surface area contributed by atoms with Crippen molar-refractivity contribution in [1.82, 2.24) is 9.97 Å². The highest BCUT2D eigenvalue weighted by atomic mass is 127. The molecule has 1 atom stereocenters. The van der Waals surface area contributed by atoms with Crippen LogP contribution in [0.3, 0.4) is 0 Å². The van der Waals surface area contributed by atoms with Gasteiger partial charge in [-0.25, -0.2) is 9.97 Å².